The number of rotatable bonds is 0. The molecular formula is C6H17N6O3PS. The molecule has 0 aliphatic heterocycles. The van der Waals surface area contributed by atoms with E-state index in [2.05, 4.69) is 27.2 Å². The van der Waals surface area contributed by atoms with Crippen LogP contribution in [0.25, 0.3) is 11.0 Å². The Balaban J connectivity index is -0.000000222. The number of nitrogens with zero attached hydrogens (tertiary/aromatic N) is 2. The van der Waals surface area contributed by atoms with Crippen LogP contribution in [0, 0.1) is 0 Å². The van der Waals surface area contributed by atoms with Gasteiger partial charge in [0, 0.05) is 0 Å². The molecule has 0 aliphatic carbocycles. The largest absolute Gasteiger partial charge is 0.344 e. The first-order chi connectivity index (χ1) is 6.47. The summed E-state index contributed by atoms with van der Waals surface area (Å²) in [6.45, 7) is -3.81. The van der Waals surface area contributed by atoms with Crippen LogP contribution in [0.3, 0.4) is 0 Å². The summed E-state index contributed by atoms with van der Waals surface area (Å²) in [5.74, 6) is 0. The van der Waals surface area contributed by atoms with Gasteiger partial charge in [0.1, 0.15) is 11.0 Å². The quantitative estimate of drug-likeness (QED) is 0.338. The van der Waals surface area contributed by atoms with E-state index in [0.29, 0.717) is 0 Å². The van der Waals surface area contributed by atoms with Gasteiger partial charge in [-0.2, -0.15) is 15.4 Å². The molecule has 0 amide bonds. The normalized spacial score (nSPS) is 8.88. The van der Waals surface area contributed by atoms with Crippen molar-refractivity contribution in [3.8, 4) is 0 Å². The highest BCUT2D eigenvalue weighted by Crippen LogP contribution is 2.26. The number of H-pyrrole nitrogens is 1. The molecule has 0 saturated heterocycles. The molecule has 0 unspecified atom stereocenters. The van der Waals surface area contributed by atoms with E-state index >= 15 is 0 Å². The first-order valence-electron chi connectivity index (χ1n) is 3.50. The molecule has 2 aromatic rings. The van der Waals surface area contributed by atoms with Gasteiger partial charge in [0.15, 0.2) is 0 Å². The molecule has 17 heavy (non-hydrogen) atoms. The van der Waals surface area contributed by atoms with Gasteiger partial charge in [-0.1, -0.05) is 12.1 Å². The minimum atomic E-state index is -3.81. The van der Waals surface area contributed by atoms with Gasteiger partial charge in [0.2, 0.25) is 0 Å². The Kier molecular flexibility index (Phi) is 11.4. The van der Waals surface area contributed by atoms with Gasteiger partial charge < -0.3 is 33.1 Å². The summed E-state index contributed by atoms with van der Waals surface area (Å²) in [7, 11) is 0. The first kappa shape index (κ1) is 21.3. The Bertz CT molecular complexity index is 421. The standard InChI is InChI=1S/C6H5N3.3H3N.H3O3PS/c1-2-4-6-5(3-1)7-9-8-6;;;;1-4(2,3)5/h1-4H,(H,7,8,9);3*1H3;(H3,1,2,3,5). The zero-order valence-corrected chi connectivity index (χ0v) is 10.7. The molecule has 0 atom stereocenters. The summed E-state index contributed by atoms with van der Waals surface area (Å²) >= 11 is 3.60. The number of fused-ring (bicyclic) bond motifs is 1. The SMILES string of the molecule is N.N.N.OP(O)(O)=S.c1ccc2n[nH]nc2c1. The second-order valence-corrected chi connectivity index (χ2v) is 4.82. The van der Waals surface area contributed by atoms with Crippen LogP contribution >= 0.6 is 6.72 Å². The summed E-state index contributed by atoms with van der Waals surface area (Å²) in [5, 5.41) is 10.3. The molecule has 2 rings (SSSR count). The van der Waals surface area contributed by atoms with E-state index < -0.39 is 6.72 Å². The molecule has 0 aliphatic rings. The highest BCUT2D eigenvalue weighted by atomic mass is 32.5. The summed E-state index contributed by atoms with van der Waals surface area (Å²) in [5.41, 5.74) is 1.83. The van der Waals surface area contributed by atoms with Crippen molar-refractivity contribution in [2.24, 2.45) is 0 Å². The fourth-order valence-corrected chi connectivity index (χ4v) is 0.786. The van der Waals surface area contributed by atoms with Crippen molar-refractivity contribution >= 4 is 29.6 Å². The zero-order chi connectivity index (χ0) is 10.6. The van der Waals surface area contributed by atoms with E-state index in [0.717, 1.165) is 11.0 Å². The minimum Gasteiger partial charge on any atom is -0.344 e. The molecule has 1 aromatic heterocycles. The highest BCUT2D eigenvalue weighted by Gasteiger charge is 1.92. The Labute approximate surface area is 103 Å². The van der Waals surface area contributed by atoms with E-state index in [4.69, 9.17) is 14.7 Å². The molecule has 1 heterocycles. The lowest BCUT2D eigenvalue weighted by molar-refractivity contribution is 0.363. The van der Waals surface area contributed by atoms with Crippen LogP contribution in [-0.2, 0) is 11.8 Å². The molecule has 0 saturated carbocycles. The first-order valence-corrected chi connectivity index (χ1v) is 6.16. The lowest BCUT2D eigenvalue weighted by Crippen LogP contribution is -1.65. The molecule has 0 spiro atoms. The summed E-state index contributed by atoms with van der Waals surface area (Å²) < 4.78 is 0. The second kappa shape index (κ2) is 9.10. The molecule has 9 nitrogen and oxygen atoms in total. The smallest absolute Gasteiger partial charge is 0.319 e. The number of aromatic nitrogens is 3. The van der Waals surface area contributed by atoms with Gasteiger partial charge in [-0.3, -0.25) is 0 Å². The minimum absolute atomic E-state index is 0. The van der Waals surface area contributed by atoms with Crippen molar-refractivity contribution in [1.29, 1.82) is 0 Å². The Morgan fingerprint density at radius 3 is 1.53 bits per heavy atom. The lowest BCUT2D eigenvalue weighted by Gasteiger charge is -1.88. The maximum Gasteiger partial charge on any atom is 0.319 e. The third-order valence-corrected chi connectivity index (χ3v) is 1.22. The molecule has 0 bridgehead atoms. The maximum atomic E-state index is 7.56. The average molecular weight is 284 g/mol. The molecule has 13 N–H and O–H groups in total. The fourth-order valence-electron chi connectivity index (χ4n) is 0.786. The Morgan fingerprint density at radius 1 is 0.941 bits per heavy atom. The van der Waals surface area contributed by atoms with Crippen LogP contribution in [-0.4, -0.2) is 30.1 Å². The van der Waals surface area contributed by atoms with E-state index in [1.165, 1.54) is 0 Å². The van der Waals surface area contributed by atoms with Gasteiger partial charge in [-0.05, 0) is 23.9 Å². The van der Waals surface area contributed by atoms with Gasteiger partial charge in [0.25, 0.3) is 0 Å². The van der Waals surface area contributed by atoms with Crippen molar-refractivity contribution in [2.75, 3.05) is 0 Å². The van der Waals surface area contributed by atoms with Gasteiger partial charge in [-0.15, -0.1) is 0 Å². The number of hydrogen-bond acceptors (Lipinski definition) is 6. The average Bonchev–Trinajstić information content (AvgIpc) is 2.47. The molecule has 11 heteroatoms. The zero-order valence-electron chi connectivity index (χ0n) is 9.02. The Morgan fingerprint density at radius 2 is 1.24 bits per heavy atom. The number of aromatic amines is 1. The summed E-state index contributed by atoms with van der Waals surface area (Å²) in [4.78, 5) is 22.7. The van der Waals surface area contributed by atoms with Crippen LogP contribution < -0.4 is 18.5 Å². The van der Waals surface area contributed by atoms with Crippen LogP contribution in [0.2, 0.25) is 0 Å². The Hall–Kier alpha value is -0.970. The van der Waals surface area contributed by atoms with E-state index in [9.17, 15) is 0 Å². The number of para-hydroxylation sites is 2. The number of hydrogen-bond donors (Lipinski definition) is 7. The van der Waals surface area contributed by atoms with Crippen molar-refractivity contribution in [2.45, 2.75) is 0 Å². The van der Waals surface area contributed by atoms with Crippen molar-refractivity contribution in [3.05, 3.63) is 24.3 Å². The van der Waals surface area contributed by atoms with Crippen LogP contribution in [0.1, 0.15) is 0 Å². The van der Waals surface area contributed by atoms with Crippen LogP contribution in [0.4, 0.5) is 0 Å². The number of nitrogens with one attached hydrogen (secondary N) is 1. The predicted molar refractivity (Wildman–Crippen MR) is 69.9 cm³/mol. The van der Waals surface area contributed by atoms with Gasteiger partial charge in [-0.25, -0.2) is 0 Å². The molecular weight excluding hydrogens is 267 g/mol. The van der Waals surface area contributed by atoms with Crippen molar-refractivity contribution in [1.82, 2.24) is 33.9 Å². The maximum absolute atomic E-state index is 7.56. The van der Waals surface area contributed by atoms with E-state index in [1.54, 1.807) is 0 Å². The molecule has 1 aromatic carbocycles. The lowest BCUT2D eigenvalue weighted by atomic mass is 10.3. The van der Waals surface area contributed by atoms with Gasteiger partial charge in [0.05, 0.1) is 0 Å². The molecule has 0 radical (unpaired) electrons. The summed E-state index contributed by atoms with van der Waals surface area (Å²) in [6, 6.07) is 7.70. The highest BCUT2D eigenvalue weighted by molar-refractivity contribution is 8.06. The molecule has 0 fully saturated rings. The van der Waals surface area contributed by atoms with Crippen LogP contribution in [0.15, 0.2) is 24.3 Å². The third kappa shape index (κ3) is 9.93. The fraction of sp³-hybridized carbons (Fsp3) is 0. The summed E-state index contributed by atoms with van der Waals surface area (Å²) in [6.07, 6.45) is 0. The number of benzene rings is 1. The van der Waals surface area contributed by atoms with Gasteiger partial charge >= 0.3 is 6.72 Å². The predicted octanol–water partition coefficient (Wildman–Crippen LogP) is 0.632. The molecule has 100 valence electrons. The topological polar surface area (TPSA) is 207 Å². The van der Waals surface area contributed by atoms with E-state index in [-0.39, 0.29) is 18.5 Å². The second-order valence-electron chi connectivity index (χ2n) is 2.33. The van der Waals surface area contributed by atoms with Crippen molar-refractivity contribution in [3.63, 3.8) is 0 Å². The van der Waals surface area contributed by atoms with E-state index in [1.807, 2.05) is 24.3 Å². The third-order valence-electron chi connectivity index (χ3n) is 1.22. The monoisotopic (exact) mass is 284 g/mol. The van der Waals surface area contributed by atoms with Crippen molar-refractivity contribution < 1.29 is 14.7 Å². The van der Waals surface area contributed by atoms with Crippen LogP contribution in [0.5, 0.6) is 0 Å².